The third-order valence-electron chi connectivity index (χ3n) is 3.46. The molecule has 0 N–H and O–H groups in total. The minimum absolute atomic E-state index is 0.562. The highest BCUT2D eigenvalue weighted by Crippen LogP contribution is 2.46. The number of thioether (sulfide) groups is 1. The zero-order chi connectivity index (χ0) is 16.1. The van der Waals surface area contributed by atoms with E-state index in [-0.39, 0.29) is 0 Å². The predicted molar refractivity (Wildman–Crippen MR) is 99.6 cm³/mol. The zero-order valence-corrected chi connectivity index (χ0v) is 15.0. The highest BCUT2D eigenvalue weighted by Gasteiger charge is 2.24. The summed E-state index contributed by atoms with van der Waals surface area (Å²) < 4.78 is 0. The van der Waals surface area contributed by atoms with E-state index in [1.807, 2.05) is 6.08 Å². The lowest BCUT2D eigenvalue weighted by Gasteiger charge is -2.35. The molecule has 1 heterocycles. The molecule has 0 bridgehead atoms. The van der Waals surface area contributed by atoms with Crippen LogP contribution in [0.15, 0.2) is 63.5 Å². The van der Waals surface area contributed by atoms with Gasteiger partial charge in [-0.25, -0.2) is 0 Å². The van der Waals surface area contributed by atoms with E-state index in [4.69, 9.17) is 11.6 Å². The molecule has 22 heavy (non-hydrogen) atoms. The summed E-state index contributed by atoms with van der Waals surface area (Å²) in [5.41, 5.74) is 2.39. The molecule has 0 saturated heterocycles. The molecular formula is C18H23ClN2S. The van der Waals surface area contributed by atoms with Gasteiger partial charge in [-0.3, -0.25) is 0 Å². The largest absolute Gasteiger partial charge is 0.340 e. The number of rotatable bonds is 5. The van der Waals surface area contributed by atoms with Crippen molar-refractivity contribution in [3.8, 4) is 0 Å². The van der Waals surface area contributed by atoms with E-state index in [9.17, 15) is 0 Å². The number of benzene rings is 1. The smallest absolute Gasteiger partial charge is 0.0564 e. The quantitative estimate of drug-likeness (QED) is 0.740. The van der Waals surface area contributed by atoms with E-state index in [1.165, 1.54) is 15.5 Å². The standard InChI is InChI=1S/C18H23ClN2S/c1-5-17-16(13-14(2)19)21(12-8-11-20(3)4)15-9-6-7-10-18(15)22-17/h5-7,9-10,13H,2,8,11-12H2,1,3-4H3/b16-13+,17-5+. The summed E-state index contributed by atoms with van der Waals surface area (Å²) in [4.78, 5) is 7.09. The van der Waals surface area contributed by atoms with Gasteiger partial charge in [-0.05, 0) is 52.2 Å². The van der Waals surface area contributed by atoms with Crippen LogP contribution in [0.1, 0.15) is 13.3 Å². The van der Waals surface area contributed by atoms with Crippen molar-refractivity contribution in [2.45, 2.75) is 18.2 Å². The minimum atomic E-state index is 0.562. The van der Waals surface area contributed by atoms with E-state index in [1.54, 1.807) is 11.8 Å². The van der Waals surface area contributed by atoms with Crippen molar-refractivity contribution in [2.24, 2.45) is 0 Å². The van der Waals surface area contributed by atoms with Crippen LogP contribution in [0.25, 0.3) is 0 Å². The van der Waals surface area contributed by atoms with Gasteiger partial charge in [0, 0.05) is 21.4 Å². The van der Waals surface area contributed by atoms with Crippen molar-refractivity contribution in [1.82, 2.24) is 4.90 Å². The van der Waals surface area contributed by atoms with Crippen LogP contribution in [0.4, 0.5) is 5.69 Å². The molecular weight excluding hydrogens is 312 g/mol. The number of fused-ring (bicyclic) bond motifs is 1. The van der Waals surface area contributed by atoms with Gasteiger partial charge in [0.1, 0.15) is 0 Å². The number of allylic oxidation sites excluding steroid dienone is 3. The maximum atomic E-state index is 6.07. The fraction of sp³-hybridized carbons (Fsp3) is 0.333. The Bertz CT molecular complexity index is 605. The fourth-order valence-electron chi connectivity index (χ4n) is 2.49. The predicted octanol–water partition coefficient (Wildman–Crippen LogP) is 5.09. The second-order valence-corrected chi connectivity index (χ2v) is 7.08. The summed E-state index contributed by atoms with van der Waals surface area (Å²) in [6, 6.07) is 8.53. The highest BCUT2D eigenvalue weighted by molar-refractivity contribution is 8.03. The van der Waals surface area contributed by atoms with Crippen LogP contribution in [0, 0.1) is 0 Å². The normalized spacial score (nSPS) is 18.1. The molecule has 0 unspecified atom stereocenters. The molecule has 2 nitrogen and oxygen atoms in total. The van der Waals surface area contributed by atoms with Gasteiger partial charge in [-0.2, -0.15) is 0 Å². The third kappa shape index (κ3) is 4.19. The van der Waals surface area contributed by atoms with Crippen molar-refractivity contribution in [1.29, 1.82) is 0 Å². The Labute approximate surface area is 143 Å². The zero-order valence-electron chi connectivity index (χ0n) is 13.5. The van der Waals surface area contributed by atoms with Crippen LogP contribution in [0.5, 0.6) is 0 Å². The summed E-state index contributed by atoms with van der Waals surface area (Å²) in [5, 5.41) is 0.562. The van der Waals surface area contributed by atoms with Crippen LogP contribution >= 0.6 is 23.4 Å². The van der Waals surface area contributed by atoms with E-state index < -0.39 is 0 Å². The van der Waals surface area contributed by atoms with Crippen molar-refractivity contribution < 1.29 is 0 Å². The molecule has 4 heteroatoms. The topological polar surface area (TPSA) is 6.48 Å². The Balaban J connectivity index is 2.38. The van der Waals surface area contributed by atoms with Crippen molar-refractivity contribution in [3.63, 3.8) is 0 Å². The van der Waals surface area contributed by atoms with Crippen molar-refractivity contribution in [2.75, 3.05) is 32.1 Å². The number of para-hydroxylation sites is 1. The van der Waals surface area contributed by atoms with Crippen molar-refractivity contribution >= 4 is 29.1 Å². The summed E-state index contributed by atoms with van der Waals surface area (Å²) in [6.45, 7) is 7.93. The Kier molecular flexibility index (Phi) is 6.18. The lowest BCUT2D eigenvalue weighted by Crippen LogP contribution is -2.29. The first-order valence-electron chi connectivity index (χ1n) is 7.45. The monoisotopic (exact) mass is 334 g/mol. The number of hydrogen-bond donors (Lipinski definition) is 0. The van der Waals surface area contributed by atoms with Crippen LogP contribution in [0.3, 0.4) is 0 Å². The summed E-state index contributed by atoms with van der Waals surface area (Å²) in [6.07, 6.45) is 5.20. The molecule has 0 aromatic heterocycles. The second-order valence-electron chi connectivity index (χ2n) is 5.51. The Morgan fingerprint density at radius 3 is 2.73 bits per heavy atom. The lowest BCUT2D eigenvalue weighted by molar-refractivity contribution is 0.402. The first kappa shape index (κ1) is 17.2. The van der Waals surface area contributed by atoms with Gasteiger partial charge in [0.25, 0.3) is 0 Å². The number of nitrogens with zero attached hydrogens (tertiary/aromatic N) is 2. The average Bonchev–Trinajstić information content (AvgIpc) is 2.47. The van der Waals surface area contributed by atoms with Crippen molar-refractivity contribution in [3.05, 3.63) is 58.6 Å². The molecule has 0 atom stereocenters. The summed E-state index contributed by atoms with van der Waals surface area (Å²) in [5.74, 6) is 0. The number of anilines is 1. The Morgan fingerprint density at radius 2 is 2.09 bits per heavy atom. The first-order valence-corrected chi connectivity index (χ1v) is 8.64. The van der Waals surface area contributed by atoms with Crippen LogP contribution < -0.4 is 4.90 Å². The number of hydrogen-bond acceptors (Lipinski definition) is 3. The van der Waals surface area contributed by atoms with Gasteiger partial charge in [-0.1, -0.05) is 48.2 Å². The fourth-order valence-corrected chi connectivity index (χ4v) is 3.65. The van der Waals surface area contributed by atoms with E-state index in [0.717, 1.165) is 25.2 Å². The molecule has 0 amide bonds. The van der Waals surface area contributed by atoms with Crippen LogP contribution in [0.2, 0.25) is 0 Å². The SMILES string of the molecule is C=C(Cl)/C=C1\C(=C/C)Sc2ccccc2N1CCCN(C)C. The highest BCUT2D eigenvalue weighted by atomic mass is 35.5. The second kappa shape index (κ2) is 7.91. The first-order chi connectivity index (χ1) is 10.5. The maximum Gasteiger partial charge on any atom is 0.0564 e. The van der Waals surface area contributed by atoms with Gasteiger partial charge in [-0.15, -0.1) is 0 Å². The van der Waals surface area contributed by atoms with Gasteiger partial charge in [0.05, 0.1) is 11.4 Å². The molecule has 0 spiro atoms. The molecule has 0 aliphatic carbocycles. The molecule has 1 aliphatic rings. The molecule has 118 valence electrons. The molecule has 0 radical (unpaired) electrons. The molecule has 2 rings (SSSR count). The van der Waals surface area contributed by atoms with Gasteiger partial charge >= 0.3 is 0 Å². The third-order valence-corrected chi connectivity index (χ3v) is 4.80. The number of halogens is 1. The van der Waals surface area contributed by atoms with E-state index >= 15 is 0 Å². The van der Waals surface area contributed by atoms with Gasteiger partial charge in [0.15, 0.2) is 0 Å². The van der Waals surface area contributed by atoms with E-state index in [0.29, 0.717) is 5.03 Å². The van der Waals surface area contributed by atoms with Crippen LogP contribution in [-0.4, -0.2) is 32.1 Å². The van der Waals surface area contributed by atoms with Crippen LogP contribution in [-0.2, 0) is 0 Å². The molecule has 1 aromatic rings. The Hall–Kier alpha value is -1.16. The average molecular weight is 335 g/mol. The summed E-state index contributed by atoms with van der Waals surface area (Å²) >= 11 is 7.86. The van der Waals surface area contributed by atoms with Gasteiger partial charge in [0.2, 0.25) is 0 Å². The molecule has 1 aliphatic heterocycles. The maximum absolute atomic E-state index is 6.07. The van der Waals surface area contributed by atoms with Gasteiger partial charge < -0.3 is 9.80 Å². The molecule has 0 fully saturated rings. The molecule has 0 saturated carbocycles. The molecule has 1 aromatic carbocycles. The minimum Gasteiger partial charge on any atom is -0.340 e. The summed E-state index contributed by atoms with van der Waals surface area (Å²) in [7, 11) is 4.21. The Morgan fingerprint density at radius 1 is 1.36 bits per heavy atom. The van der Waals surface area contributed by atoms with E-state index in [2.05, 4.69) is 67.7 Å². The lowest BCUT2D eigenvalue weighted by atomic mass is 10.2.